The summed E-state index contributed by atoms with van der Waals surface area (Å²) >= 11 is 0. The molecule has 0 saturated carbocycles. The third kappa shape index (κ3) is 2.62. The van der Waals surface area contributed by atoms with Crippen LogP contribution in [0.2, 0.25) is 0 Å². The van der Waals surface area contributed by atoms with E-state index in [9.17, 15) is 4.79 Å². The first-order chi connectivity index (χ1) is 8.74. The van der Waals surface area contributed by atoms with Crippen molar-refractivity contribution in [2.45, 2.75) is 13.3 Å². The molecule has 0 radical (unpaired) electrons. The van der Waals surface area contributed by atoms with Gasteiger partial charge in [0.15, 0.2) is 0 Å². The lowest BCUT2D eigenvalue weighted by molar-refractivity contribution is -0.131. The summed E-state index contributed by atoms with van der Waals surface area (Å²) in [4.78, 5) is 15.7. The Morgan fingerprint density at radius 3 is 2.33 bits per heavy atom. The van der Waals surface area contributed by atoms with Gasteiger partial charge in [-0.15, -0.1) is 0 Å². The molecular weight excluding hydrogens is 226 g/mol. The summed E-state index contributed by atoms with van der Waals surface area (Å²) in [5.74, 6) is 0.231. The molecule has 1 aliphatic rings. The lowest BCUT2D eigenvalue weighted by Crippen LogP contribution is -2.48. The van der Waals surface area contributed by atoms with Gasteiger partial charge >= 0.3 is 0 Å². The molecule has 1 saturated heterocycles. The summed E-state index contributed by atoms with van der Waals surface area (Å²) in [5, 5.41) is 8.75. The van der Waals surface area contributed by atoms with E-state index in [1.54, 1.807) is 0 Å². The topological polar surface area (TPSA) is 47.3 Å². The second-order valence-electron chi connectivity index (χ2n) is 4.38. The summed E-state index contributed by atoms with van der Waals surface area (Å²) in [6, 6.07) is 9.72. The number of rotatable bonds is 2. The molecule has 4 heteroatoms. The molecule has 1 aromatic rings. The molecule has 1 fully saturated rings. The van der Waals surface area contributed by atoms with E-state index in [4.69, 9.17) is 5.26 Å². The summed E-state index contributed by atoms with van der Waals surface area (Å²) in [6.07, 6.45) is 0.580. The van der Waals surface area contributed by atoms with Gasteiger partial charge in [0.1, 0.15) is 0 Å². The van der Waals surface area contributed by atoms with Crippen molar-refractivity contribution < 1.29 is 4.79 Å². The second kappa shape index (κ2) is 5.54. The fraction of sp³-hybridized carbons (Fsp3) is 0.429. The van der Waals surface area contributed by atoms with Crippen LogP contribution >= 0.6 is 0 Å². The Morgan fingerprint density at radius 2 is 1.83 bits per heavy atom. The van der Waals surface area contributed by atoms with Crippen molar-refractivity contribution in [2.75, 3.05) is 31.1 Å². The standard InChI is InChI=1S/C14H17N3O/c1-2-14(18)17-9-7-16(8-10-17)13-5-3-12(11-15)4-6-13/h3-6H,2,7-10H2,1H3. The van der Waals surface area contributed by atoms with Crippen LogP contribution in [0.25, 0.3) is 0 Å². The third-order valence-electron chi connectivity index (χ3n) is 3.30. The minimum absolute atomic E-state index is 0.231. The van der Waals surface area contributed by atoms with Crippen LogP contribution in [0.15, 0.2) is 24.3 Å². The Labute approximate surface area is 107 Å². The predicted octanol–water partition coefficient (Wildman–Crippen LogP) is 1.62. The molecule has 0 unspecified atom stereocenters. The van der Waals surface area contributed by atoms with Gasteiger partial charge in [-0.25, -0.2) is 0 Å². The highest BCUT2D eigenvalue weighted by Crippen LogP contribution is 2.17. The average Bonchev–Trinajstić information content (AvgIpc) is 2.47. The van der Waals surface area contributed by atoms with Gasteiger partial charge in [-0.05, 0) is 24.3 Å². The largest absolute Gasteiger partial charge is 0.368 e. The van der Waals surface area contributed by atoms with E-state index in [0.29, 0.717) is 12.0 Å². The molecule has 2 rings (SSSR count). The highest BCUT2D eigenvalue weighted by atomic mass is 16.2. The lowest BCUT2D eigenvalue weighted by Gasteiger charge is -2.36. The average molecular weight is 243 g/mol. The number of nitriles is 1. The monoisotopic (exact) mass is 243 g/mol. The number of anilines is 1. The normalized spacial score (nSPS) is 15.3. The summed E-state index contributed by atoms with van der Waals surface area (Å²) in [7, 11) is 0. The van der Waals surface area contributed by atoms with Crippen LogP contribution in [0.4, 0.5) is 5.69 Å². The predicted molar refractivity (Wildman–Crippen MR) is 70.2 cm³/mol. The molecule has 1 aliphatic heterocycles. The van der Waals surface area contributed by atoms with Crippen LogP contribution in [0.3, 0.4) is 0 Å². The number of carbonyl (C=O) groups is 1. The number of amides is 1. The zero-order chi connectivity index (χ0) is 13.0. The maximum atomic E-state index is 11.6. The molecule has 1 amide bonds. The maximum absolute atomic E-state index is 11.6. The Morgan fingerprint density at radius 1 is 1.22 bits per heavy atom. The van der Waals surface area contributed by atoms with E-state index >= 15 is 0 Å². The molecule has 1 heterocycles. The lowest BCUT2D eigenvalue weighted by atomic mass is 10.2. The van der Waals surface area contributed by atoms with Crippen LogP contribution in [-0.4, -0.2) is 37.0 Å². The van der Waals surface area contributed by atoms with Crippen molar-refractivity contribution in [3.8, 4) is 6.07 Å². The van der Waals surface area contributed by atoms with Crippen LogP contribution in [0, 0.1) is 11.3 Å². The molecule has 0 aliphatic carbocycles. The Hall–Kier alpha value is -2.02. The van der Waals surface area contributed by atoms with Crippen molar-refractivity contribution in [1.29, 1.82) is 5.26 Å². The van der Waals surface area contributed by atoms with E-state index in [1.165, 1.54) is 0 Å². The van der Waals surface area contributed by atoms with Gasteiger partial charge in [0.05, 0.1) is 11.6 Å². The van der Waals surface area contributed by atoms with Gasteiger partial charge in [0, 0.05) is 38.3 Å². The number of piperazine rings is 1. The van der Waals surface area contributed by atoms with Gasteiger partial charge in [0.2, 0.25) is 5.91 Å². The molecule has 0 spiro atoms. The first kappa shape index (κ1) is 12.4. The van der Waals surface area contributed by atoms with Crippen molar-refractivity contribution in [1.82, 2.24) is 4.90 Å². The molecule has 94 valence electrons. The molecule has 18 heavy (non-hydrogen) atoms. The minimum atomic E-state index is 0.231. The fourth-order valence-corrected chi connectivity index (χ4v) is 2.18. The first-order valence-corrected chi connectivity index (χ1v) is 6.27. The van der Waals surface area contributed by atoms with E-state index in [0.717, 1.165) is 31.9 Å². The van der Waals surface area contributed by atoms with Gasteiger partial charge in [0.25, 0.3) is 0 Å². The molecule has 1 aromatic carbocycles. The van der Waals surface area contributed by atoms with E-state index in [2.05, 4.69) is 11.0 Å². The number of hydrogen-bond donors (Lipinski definition) is 0. The van der Waals surface area contributed by atoms with E-state index in [1.807, 2.05) is 36.1 Å². The van der Waals surface area contributed by atoms with Gasteiger partial charge in [-0.2, -0.15) is 5.26 Å². The smallest absolute Gasteiger partial charge is 0.222 e. The van der Waals surface area contributed by atoms with E-state index < -0.39 is 0 Å². The highest BCUT2D eigenvalue weighted by molar-refractivity contribution is 5.76. The Balaban J connectivity index is 1.97. The summed E-state index contributed by atoms with van der Waals surface area (Å²) in [6.45, 7) is 5.18. The van der Waals surface area contributed by atoms with Crippen molar-refractivity contribution in [3.63, 3.8) is 0 Å². The van der Waals surface area contributed by atoms with Gasteiger partial charge < -0.3 is 9.80 Å². The van der Waals surface area contributed by atoms with Crippen LogP contribution in [0.1, 0.15) is 18.9 Å². The SMILES string of the molecule is CCC(=O)N1CCN(c2ccc(C#N)cc2)CC1. The fourth-order valence-electron chi connectivity index (χ4n) is 2.18. The zero-order valence-corrected chi connectivity index (χ0v) is 10.6. The van der Waals surface area contributed by atoms with Gasteiger partial charge in [-0.1, -0.05) is 6.92 Å². The Bertz CT molecular complexity index is 453. The highest BCUT2D eigenvalue weighted by Gasteiger charge is 2.19. The molecular formula is C14H17N3O. The summed E-state index contributed by atoms with van der Waals surface area (Å²) in [5.41, 5.74) is 1.80. The molecule has 0 bridgehead atoms. The summed E-state index contributed by atoms with van der Waals surface area (Å²) < 4.78 is 0. The van der Waals surface area contributed by atoms with E-state index in [-0.39, 0.29) is 5.91 Å². The molecule has 0 N–H and O–H groups in total. The van der Waals surface area contributed by atoms with Crippen LogP contribution < -0.4 is 4.90 Å². The zero-order valence-electron chi connectivity index (χ0n) is 10.6. The quantitative estimate of drug-likeness (QED) is 0.793. The second-order valence-corrected chi connectivity index (χ2v) is 4.38. The number of hydrogen-bond acceptors (Lipinski definition) is 3. The number of carbonyl (C=O) groups excluding carboxylic acids is 1. The number of benzene rings is 1. The first-order valence-electron chi connectivity index (χ1n) is 6.27. The molecule has 0 aromatic heterocycles. The van der Waals surface area contributed by atoms with Crippen molar-refractivity contribution in [3.05, 3.63) is 29.8 Å². The molecule has 4 nitrogen and oxygen atoms in total. The van der Waals surface area contributed by atoms with Crippen molar-refractivity contribution >= 4 is 11.6 Å². The maximum Gasteiger partial charge on any atom is 0.222 e. The molecule has 0 atom stereocenters. The van der Waals surface area contributed by atoms with Crippen LogP contribution in [-0.2, 0) is 4.79 Å². The number of nitrogens with zero attached hydrogens (tertiary/aromatic N) is 3. The third-order valence-corrected chi connectivity index (χ3v) is 3.30. The Kier molecular flexibility index (Phi) is 3.83. The minimum Gasteiger partial charge on any atom is -0.368 e. The van der Waals surface area contributed by atoms with Crippen LogP contribution in [0.5, 0.6) is 0 Å². The van der Waals surface area contributed by atoms with Gasteiger partial charge in [-0.3, -0.25) is 4.79 Å². The van der Waals surface area contributed by atoms with Crippen molar-refractivity contribution in [2.24, 2.45) is 0 Å².